The molecule has 0 aliphatic carbocycles. The zero-order valence-electron chi connectivity index (χ0n) is 8.26. The van der Waals surface area contributed by atoms with E-state index in [0.29, 0.717) is 0 Å². The quantitative estimate of drug-likeness (QED) is 0.489. The lowest BCUT2D eigenvalue weighted by Crippen LogP contribution is -2.40. The van der Waals surface area contributed by atoms with E-state index in [-0.39, 0.29) is 10.2 Å². The molecule has 0 amide bonds. The van der Waals surface area contributed by atoms with E-state index < -0.39 is 0 Å². The van der Waals surface area contributed by atoms with Gasteiger partial charge in [-0.25, -0.2) is 4.40 Å². The molecule has 0 N–H and O–H groups in total. The SMILES string of the molecule is CC1(/C=N/SC(C)(C)C)COC1. The fraction of sp³-hybridized carbons (Fsp3) is 0.889. The minimum absolute atomic E-state index is 0.207. The second-order valence-corrected chi connectivity index (χ2v) is 6.20. The van der Waals surface area contributed by atoms with Crippen LogP contribution in [0.3, 0.4) is 0 Å². The first kappa shape index (κ1) is 10.1. The molecule has 0 aromatic carbocycles. The molecule has 12 heavy (non-hydrogen) atoms. The van der Waals surface area contributed by atoms with E-state index in [1.807, 2.05) is 6.21 Å². The first-order valence-corrected chi connectivity index (χ1v) is 4.99. The van der Waals surface area contributed by atoms with Crippen molar-refractivity contribution < 1.29 is 4.74 Å². The van der Waals surface area contributed by atoms with E-state index >= 15 is 0 Å². The Balaban J connectivity index is 2.30. The van der Waals surface area contributed by atoms with Crippen LogP contribution in [0.1, 0.15) is 27.7 Å². The van der Waals surface area contributed by atoms with Gasteiger partial charge in [0.25, 0.3) is 0 Å². The summed E-state index contributed by atoms with van der Waals surface area (Å²) in [4.78, 5) is 0. The van der Waals surface area contributed by atoms with Gasteiger partial charge < -0.3 is 4.74 Å². The second-order valence-electron chi connectivity index (χ2n) is 4.58. The van der Waals surface area contributed by atoms with E-state index in [0.717, 1.165) is 13.2 Å². The molecular weight excluding hydrogens is 170 g/mol. The summed E-state index contributed by atoms with van der Waals surface area (Å²) in [5.74, 6) is 0. The Kier molecular flexibility index (Phi) is 2.84. The first-order chi connectivity index (χ1) is 5.41. The van der Waals surface area contributed by atoms with Crippen molar-refractivity contribution >= 4 is 18.2 Å². The lowest BCUT2D eigenvalue weighted by Gasteiger charge is -2.34. The van der Waals surface area contributed by atoms with Gasteiger partial charge in [0.15, 0.2) is 0 Å². The van der Waals surface area contributed by atoms with Crippen molar-refractivity contribution in [3.8, 4) is 0 Å². The second kappa shape index (κ2) is 3.38. The third-order valence-corrected chi connectivity index (χ3v) is 2.31. The third kappa shape index (κ3) is 3.15. The lowest BCUT2D eigenvalue weighted by molar-refractivity contribution is -0.0553. The predicted octanol–water partition coefficient (Wildman–Crippen LogP) is 2.54. The van der Waals surface area contributed by atoms with Gasteiger partial charge in [-0.3, -0.25) is 0 Å². The Morgan fingerprint density at radius 2 is 2.00 bits per heavy atom. The van der Waals surface area contributed by atoms with Crippen LogP contribution in [0.25, 0.3) is 0 Å². The van der Waals surface area contributed by atoms with Gasteiger partial charge in [0.2, 0.25) is 0 Å². The van der Waals surface area contributed by atoms with E-state index in [2.05, 4.69) is 32.1 Å². The first-order valence-electron chi connectivity index (χ1n) is 4.22. The van der Waals surface area contributed by atoms with Gasteiger partial charge in [-0.05, 0) is 32.7 Å². The van der Waals surface area contributed by atoms with Crippen molar-refractivity contribution in [1.82, 2.24) is 0 Å². The van der Waals surface area contributed by atoms with Crippen molar-refractivity contribution in [1.29, 1.82) is 0 Å². The molecule has 3 heteroatoms. The molecular formula is C9H17NOS. The van der Waals surface area contributed by atoms with E-state index in [4.69, 9.17) is 4.74 Å². The molecule has 0 aromatic rings. The maximum atomic E-state index is 5.12. The van der Waals surface area contributed by atoms with Gasteiger partial charge in [-0.15, -0.1) is 0 Å². The maximum absolute atomic E-state index is 5.12. The standard InChI is InChI=1S/C9H17NOS/c1-8(2,3)12-10-5-9(4)6-11-7-9/h5H,6-7H2,1-4H3/b10-5+. The zero-order valence-corrected chi connectivity index (χ0v) is 9.07. The molecule has 0 saturated carbocycles. The highest BCUT2D eigenvalue weighted by Gasteiger charge is 2.31. The molecule has 70 valence electrons. The molecule has 0 spiro atoms. The van der Waals surface area contributed by atoms with Crippen LogP contribution in [0.5, 0.6) is 0 Å². The summed E-state index contributed by atoms with van der Waals surface area (Å²) in [6.45, 7) is 10.3. The highest BCUT2D eigenvalue weighted by molar-refractivity contribution is 7.99. The molecule has 1 saturated heterocycles. The summed E-state index contributed by atoms with van der Waals surface area (Å²) in [6, 6.07) is 0. The summed E-state index contributed by atoms with van der Waals surface area (Å²) in [5.41, 5.74) is 0.207. The van der Waals surface area contributed by atoms with Crippen molar-refractivity contribution in [2.75, 3.05) is 13.2 Å². The van der Waals surface area contributed by atoms with Crippen molar-refractivity contribution in [2.45, 2.75) is 32.4 Å². The summed E-state index contributed by atoms with van der Waals surface area (Å²) >= 11 is 1.62. The summed E-state index contributed by atoms with van der Waals surface area (Å²) in [6.07, 6.45) is 2.02. The predicted molar refractivity (Wildman–Crippen MR) is 54.8 cm³/mol. The molecule has 0 radical (unpaired) electrons. The molecule has 1 aliphatic rings. The fourth-order valence-electron chi connectivity index (χ4n) is 0.810. The van der Waals surface area contributed by atoms with Crippen LogP contribution >= 0.6 is 11.9 Å². The van der Waals surface area contributed by atoms with Gasteiger partial charge in [0.05, 0.1) is 18.6 Å². The average molecular weight is 187 g/mol. The summed E-state index contributed by atoms with van der Waals surface area (Å²) < 4.78 is 9.69. The van der Waals surface area contributed by atoms with Crippen LogP contribution in [0.15, 0.2) is 4.40 Å². The monoisotopic (exact) mass is 187 g/mol. The van der Waals surface area contributed by atoms with Crippen LogP contribution in [-0.4, -0.2) is 24.2 Å². The maximum Gasteiger partial charge on any atom is 0.0592 e. The van der Waals surface area contributed by atoms with Gasteiger partial charge in [-0.2, -0.15) is 0 Å². The molecule has 1 heterocycles. The zero-order chi connectivity index (χ0) is 9.24. The van der Waals surface area contributed by atoms with Gasteiger partial charge in [0, 0.05) is 11.0 Å². The molecule has 1 aliphatic heterocycles. The Morgan fingerprint density at radius 1 is 1.42 bits per heavy atom. The molecule has 0 atom stereocenters. The number of ether oxygens (including phenoxy) is 1. The van der Waals surface area contributed by atoms with Crippen molar-refractivity contribution in [2.24, 2.45) is 9.81 Å². The molecule has 0 unspecified atom stereocenters. The van der Waals surface area contributed by atoms with Crippen molar-refractivity contribution in [3.63, 3.8) is 0 Å². The summed E-state index contributed by atoms with van der Waals surface area (Å²) in [7, 11) is 0. The molecule has 2 nitrogen and oxygen atoms in total. The van der Waals surface area contributed by atoms with Crippen LogP contribution in [-0.2, 0) is 4.74 Å². The normalized spacial score (nSPS) is 22.7. The number of hydrogen-bond acceptors (Lipinski definition) is 3. The largest absolute Gasteiger partial charge is 0.379 e. The molecule has 1 rings (SSSR count). The smallest absolute Gasteiger partial charge is 0.0592 e. The van der Waals surface area contributed by atoms with Gasteiger partial charge in [-0.1, -0.05) is 6.92 Å². The average Bonchev–Trinajstić information content (AvgIpc) is 1.81. The van der Waals surface area contributed by atoms with E-state index in [1.165, 1.54) is 0 Å². The van der Waals surface area contributed by atoms with Gasteiger partial charge >= 0.3 is 0 Å². The fourth-order valence-corrected chi connectivity index (χ4v) is 1.43. The number of nitrogens with zero attached hydrogens (tertiary/aromatic N) is 1. The van der Waals surface area contributed by atoms with Crippen LogP contribution < -0.4 is 0 Å². The molecule has 1 fully saturated rings. The Morgan fingerprint density at radius 3 is 2.33 bits per heavy atom. The Bertz CT molecular complexity index is 179. The van der Waals surface area contributed by atoms with E-state index in [9.17, 15) is 0 Å². The molecule has 0 bridgehead atoms. The molecule has 0 aromatic heterocycles. The third-order valence-electron chi connectivity index (χ3n) is 1.55. The Labute approximate surface area is 78.9 Å². The van der Waals surface area contributed by atoms with Crippen LogP contribution in [0.4, 0.5) is 0 Å². The van der Waals surface area contributed by atoms with Crippen LogP contribution in [0, 0.1) is 5.41 Å². The minimum atomic E-state index is 0.207. The van der Waals surface area contributed by atoms with Crippen LogP contribution in [0.2, 0.25) is 0 Å². The topological polar surface area (TPSA) is 21.6 Å². The number of rotatable bonds is 2. The Hall–Kier alpha value is -0.0200. The lowest BCUT2D eigenvalue weighted by atomic mass is 9.91. The highest BCUT2D eigenvalue weighted by Crippen LogP contribution is 2.28. The van der Waals surface area contributed by atoms with E-state index in [1.54, 1.807) is 11.9 Å². The van der Waals surface area contributed by atoms with Gasteiger partial charge in [0.1, 0.15) is 0 Å². The minimum Gasteiger partial charge on any atom is -0.379 e. The number of hydrogen-bond donors (Lipinski definition) is 0. The van der Waals surface area contributed by atoms with Crippen molar-refractivity contribution in [3.05, 3.63) is 0 Å². The summed E-state index contributed by atoms with van der Waals surface area (Å²) in [5, 5.41) is 0. The highest BCUT2D eigenvalue weighted by atomic mass is 32.2.